The first-order valence-corrected chi connectivity index (χ1v) is 2.90. The summed E-state index contributed by atoms with van der Waals surface area (Å²) < 4.78 is 0. The molecule has 0 aromatic carbocycles. The normalized spacial score (nSPS) is 39.6. The lowest BCUT2D eigenvalue weighted by atomic mass is 9.78. The van der Waals surface area contributed by atoms with Crippen molar-refractivity contribution in [2.75, 3.05) is 0 Å². The summed E-state index contributed by atoms with van der Waals surface area (Å²) >= 11 is 0. The predicted molar refractivity (Wildman–Crippen MR) is 32.1 cm³/mol. The van der Waals surface area contributed by atoms with E-state index < -0.39 is 0 Å². The summed E-state index contributed by atoms with van der Waals surface area (Å²) in [7, 11) is 0. The van der Waals surface area contributed by atoms with E-state index >= 15 is 0 Å². The topological polar surface area (TPSA) is 0 Å². The van der Waals surface area contributed by atoms with Crippen molar-refractivity contribution in [3.63, 3.8) is 0 Å². The van der Waals surface area contributed by atoms with Crippen LogP contribution in [0.4, 0.5) is 0 Å². The Bertz CT molecular complexity index is 101. The van der Waals surface area contributed by atoms with Gasteiger partial charge in [-0.15, -0.1) is 0 Å². The highest BCUT2D eigenvalue weighted by atomic mass is 14.2. The second kappa shape index (κ2) is 1.36. The molecule has 1 rings (SSSR count). The lowest BCUT2D eigenvalue weighted by molar-refractivity contribution is 0.463. The van der Waals surface area contributed by atoms with Crippen LogP contribution in [0.3, 0.4) is 0 Å². The van der Waals surface area contributed by atoms with Crippen molar-refractivity contribution < 1.29 is 0 Å². The van der Waals surface area contributed by atoms with Gasteiger partial charge in [-0.1, -0.05) is 25.5 Å². The van der Waals surface area contributed by atoms with Crippen LogP contribution in [0.5, 0.6) is 0 Å². The molecule has 0 fully saturated rings. The Morgan fingerprint density at radius 2 is 2.00 bits per heavy atom. The Labute approximate surface area is 45.2 Å². The molecule has 0 amide bonds. The summed E-state index contributed by atoms with van der Waals surface area (Å²) in [4.78, 5) is 0. The minimum absolute atomic E-state index is 0.847. The van der Waals surface area contributed by atoms with E-state index in [-0.39, 0.29) is 0 Å². The number of rotatable bonds is 0. The average Bonchev–Trinajstić information content (AvgIpc) is 1.68. The van der Waals surface area contributed by atoms with Gasteiger partial charge in [0.05, 0.1) is 0 Å². The first-order valence-electron chi connectivity index (χ1n) is 2.90. The van der Waals surface area contributed by atoms with Gasteiger partial charge in [0.1, 0.15) is 0 Å². The average molecular weight is 96.2 g/mol. The van der Waals surface area contributed by atoms with E-state index in [1.165, 1.54) is 0 Å². The maximum absolute atomic E-state index is 2.32. The van der Waals surface area contributed by atoms with Crippen LogP contribution in [-0.4, -0.2) is 0 Å². The first-order chi connectivity index (χ1) is 3.22. The molecule has 0 bridgehead atoms. The van der Waals surface area contributed by atoms with Gasteiger partial charge in [0, 0.05) is 0 Å². The Morgan fingerprint density at radius 1 is 1.43 bits per heavy atom. The molecule has 1 unspecified atom stereocenters. The summed E-state index contributed by atoms with van der Waals surface area (Å²) in [5.41, 5.74) is 1.56. The molecule has 0 radical (unpaired) electrons. The molecule has 1 aliphatic carbocycles. The smallest absolute Gasteiger partial charge is 0.0174 e. The van der Waals surface area contributed by atoms with E-state index in [9.17, 15) is 0 Å². The van der Waals surface area contributed by atoms with Gasteiger partial charge in [-0.3, -0.25) is 0 Å². The van der Waals surface area contributed by atoms with Crippen LogP contribution in [0.2, 0.25) is 0 Å². The zero-order chi connectivity index (χ0) is 5.44. The van der Waals surface area contributed by atoms with Gasteiger partial charge in [0.2, 0.25) is 0 Å². The lowest BCUT2D eigenvalue weighted by Crippen LogP contribution is -2.16. The van der Waals surface area contributed by atoms with Crippen molar-refractivity contribution >= 4 is 0 Å². The molecule has 0 aromatic heterocycles. The van der Waals surface area contributed by atoms with E-state index in [0.29, 0.717) is 0 Å². The molecule has 0 nitrogen and oxygen atoms in total. The fourth-order valence-corrected chi connectivity index (χ4v) is 1.01. The summed E-state index contributed by atoms with van der Waals surface area (Å²) in [6.45, 7) is 6.74. The molecule has 7 heavy (non-hydrogen) atoms. The monoisotopic (exact) mass is 96.1 g/mol. The highest BCUT2D eigenvalue weighted by Gasteiger charge is 2.19. The third-order valence-corrected chi connectivity index (χ3v) is 2.03. The van der Waals surface area contributed by atoms with Crippen molar-refractivity contribution in [1.29, 1.82) is 0 Å². The van der Waals surface area contributed by atoms with Crippen LogP contribution < -0.4 is 0 Å². The zero-order valence-corrected chi connectivity index (χ0v) is 5.23. The molecule has 0 spiro atoms. The Morgan fingerprint density at radius 3 is 2.00 bits per heavy atom. The highest BCUT2D eigenvalue weighted by Crippen LogP contribution is 2.31. The summed E-state index contributed by atoms with van der Waals surface area (Å²) in [6, 6.07) is 0. The van der Waals surface area contributed by atoms with Gasteiger partial charge in [-0.25, -0.2) is 0 Å². The second-order valence-electron chi connectivity index (χ2n) is 2.56. The van der Waals surface area contributed by atoms with Crippen molar-refractivity contribution in [1.82, 2.24) is 0 Å². The van der Waals surface area contributed by atoms with Crippen LogP contribution >= 0.6 is 0 Å². The molecule has 0 heteroatoms. The molecule has 0 heterocycles. The third-order valence-electron chi connectivity index (χ3n) is 2.03. The van der Waals surface area contributed by atoms with Crippen molar-refractivity contribution in [3.05, 3.63) is 11.6 Å². The van der Waals surface area contributed by atoms with Crippen LogP contribution in [0.15, 0.2) is 11.6 Å². The van der Waals surface area contributed by atoms with Gasteiger partial charge in [-0.05, 0) is 18.8 Å². The quantitative estimate of drug-likeness (QED) is 0.406. The van der Waals surface area contributed by atoms with E-state index in [1.807, 2.05) is 0 Å². The molecule has 0 saturated heterocycles. The number of allylic oxidation sites excluding steroid dienone is 2. The van der Waals surface area contributed by atoms with Crippen LogP contribution in [-0.2, 0) is 0 Å². The van der Waals surface area contributed by atoms with Crippen molar-refractivity contribution in [2.24, 2.45) is 11.8 Å². The molecular weight excluding hydrogens is 84.1 g/mol. The molecule has 0 N–H and O–H groups in total. The Hall–Kier alpha value is -0.260. The minimum atomic E-state index is 0.847. The molecule has 1 aliphatic rings. The summed E-state index contributed by atoms with van der Waals surface area (Å²) in [5.74, 6) is 1.71. The maximum atomic E-state index is 2.32. The van der Waals surface area contributed by atoms with E-state index in [2.05, 4.69) is 26.8 Å². The first kappa shape index (κ1) is 4.89. The maximum Gasteiger partial charge on any atom is -0.0174 e. The van der Waals surface area contributed by atoms with Gasteiger partial charge in [0.25, 0.3) is 0 Å². The van der Waals surface area contributed by atoms with Crippen molar-refractivity contribution in [2.45, 2.75) is 20.8 Å². The van der Waals surface area contributed by atoms with Crippen LogP contribution in [0.25, 0.3) is 0 Å². The fourth-order valence-electron chi connectivity index (χ4n) is 1.01. The molecule has 0 saturated carbocycles. The molecule has 40 valence electrons. The second-order valence-corrected chi connectivity index (χ2v) is 2.56. The molecular formula is C7H12. The van der Waals surface area contributed by atoms with Crippen molar-refractivity contribution in [3.8, 4) is 0 Å². The van der Waals surface area contributed by atoms with Gasteiger partial charge in [-0.2, -0.15) is 0 Å². The van der Waals surface area contributed by atoms with Gasteiger partial charge in [0.15, 0.2) is 0 Å². The van der Waals surface area contributed by atoms with Crippen LogP contribution in [0, 0.1) is 11.8 Å². The standard InChI is InChI=1S/C7H12/c1-5-4-6(2)7(5)3/h4-5,7H,1-3H3/t5-,7?/m0/s1. The predicted octanol–water partition coefficient (Wildman–Crippen LogP) is 2.22. The molecule has 0 aromatic rings. The Balaban J connectivity index is 2.57. The third kappa shape index (κ3) is 0.583. The summed E-state index contributed by atoms with van der Waals surface area (Å²) in [5, 5.41) is 0. The summed E-state index contributed by atoms with van der Waals surface area (Å²) in [6.07, 6.45) is 2.32. The minimum Gasteiger partial charge on any atom is -0.0819 e. The van der Waals surface area contributed by atoms with Crippen LogP contribution in [0.1, 0.15) is 20.8 Å². The number of hydrogen-bond donors (Lipinski definition) is 0. The van der Waals surface area contributed by atoms with E-state index in [0.717, 1.165) is 11.8 Å². The highest BCUT2D eigenvalue weighted by molar-refractivity contribution is 5.17. The number of hydrogen-bond acceptors (Lipinski definition) is 0. The fraction of sp³-hybridized carbons (Fsp3) is 0.714. The molecule has 0 aliphatic heterocycles. The zero-order valence-electron chi connectivity index (χ0n) is 5.23. The molecule has 2 atom stereocenters. The SMILES string of the molecule is CC1=C[C@H](C)C1C. The van der Waals surface area contributed by atoms with E-state index in [4.69, 9.17) is 0 Å². The van der Waals surface area contributed by atoms with E-state index in [1.54, 1.807) is 5.57 Å². The Kier molecular flexibility index (Phi) is 0.949. The largest absolute Gasteiger partial charge is 0.0819 e. The lowest BCUT2D eigenvalue weighted by Gasteiger charge is -2.27. The van der Waals surface area contributed by atoms with Gasteiger partial charge < -0.3 is 0 Å². The van der Waals surface area contributed by atoms with Gasteiger partial charge >= 0.3 is 0 Å².